The number of benzene rings is 1. The summed E-state index contributed by atoms with van der Waals surface area (Å²) in [6, 6.07) is 4.00. The van der Waals surface area contributed by atoms with Gasteiger partial charge in [-0.05, 0) is 31.0 Å². The average molecular weight is 195 g/mol. The van der Waals surface area contributed by atoms with E-state index in [0.29, 0.717) is 24.1 Å². The molecule has 0 aliphatic carbocycles. The number of anilines is 1. The molecule has 0 aliphatic rings. The summed E-state index contributed by atoms with van der Waals surface area (Å²) in [6.07, 6.45) is 2.18. The fourth-order valence-corrected chi connectivity index (χ4v) is 1.27. The van der Waals surface area contributed by atoms with E-state index in [9.17, 15) is 9.50 Å². The van der Waals surface area contributed by atoms with Gasteiger partial charge in [0.15, 0.2) is 0 Å². The van der Waals surface area contributed by atoms with Gasteiger partial charge in [-0.1, -0.05) is 6.08 Å². The van der Waals surface area contributed by atoms with Crippen LogP contribution in [0.2, 0.25) is 0 Å². The number of nitrogens with two attached hydrogens (primary N) is 1. The lowest BCUT2D eigenvalue weighted by atomic mass is 10.0. The second-order valence-corrected chi connectivity index (χ2v) is 3.16. The first-order valence-electron chi connectivity index (χ1n) is 4.49. The van der Waals surface area contributed by atoms with Crippen molar-refractivity contribution in [2.45, 2.75) is 18.9 Å². The number of aliphatic hydroxyl groups is 1. The second kappa shape index (κ2) is 4.77. The largest absolute Gasteiger partial charge is 0.398 e. The minimum Gasteiger partial charge on any atom is -0.398 e. The summed E-state index contributed by atoms with van der Waals surface area (Å²) >= 11 is 0. The number of hydrogen-bond donors (Lipinski definition) is 2. The molecule has 3 N–H and O–H groups in total. The lowest BCUT2D eigenvalue weighted by molar-refractivity contribution is 0.169. The Morgan fingerprint density at radius 1 is 1.57 bits per heavy atom. The molecule has 1 rings (SSSR count). The van der Waals surface area contributed by atoms with Crippen LogP contribution in [0.15, 0.2) is 30.9 Å². The van der Waals surface area contributed by atoms with Crippen LogP contribution in [-0.2, 0) is 0 Å². The molecule has 0 fully saturated rings. The molecular weight excluding hydrogens is 181 g/mol. The van der Waals surface area contributed by atoms with Gasteiger partial charge in [-0.3, -0.25) is 0 Å². The summed E-state index contributed by atoms with van der Waals surface area (Å²) in [6.45, 7) is 3.55. The van der Waals surface area contributed by atoms with Gasteiger partial charge in [-0.2, -0.15) is 0 Å². The average Bonchev–Trinajstić information content (AvgIpc) is 2.18. The van der Waals surface area contributed by atoms with Crippen molar-refractivity contribution in [3.05, 3.63) is 42.2 Å². The van der Waals surface area contributed by atoms with Crippen molar-refractivity contribution in [3.8, 4) is 0 Å². The normalized spacial score (nSPS) is 12.4. The lowest BCUT2D eigenvalue weighted by Gasteiger charge is -2.12. The maximum atomic E-state index is 12.8. The van der Waals surface area contributed by atoms with E-state index < -0.39 is 6.10 Å². The summed E-state index contributed by atoms with van der Waals surface area (Å²) in [5.74, 6) is -0.383. The maximum absolute atomic E-state index is 12.8. The standard InChI is InChI=1S/C11H14FNO/c1-2-3-4-11(14)9-7-8(12)5-6-10(9)13/h2,5-7,11,14H,1,3-4,13H2. The van der Waals surface area contributed by atoms with E-state index in [1.165, 1.54) is 18.2 Å². The highest BCUT2D eigenvalue weighted by Gasteiger charge is 2.10. The molecule has 76 valence electrons. The van der Waals surface area contributed by atoms with Crippen LogP contribution in [0, 0.1) is 5.82 Å². The molecule has 0 aromatic heterocycles. The maximum Gasteiger partial charge on any atom is 0.123 e. The predicted octanol–water partition coefficient (Wildman–Crippen LogP) is 2.41. The summed E-state index contributed by atoms with van der Waals surface area (Å²) < 4.78 is 12.8. The Labute approximate surface area is 82.9 Å². The molecule has 14 heavy (non-hydrogen) atoms. The van der Waals surface area contributed by atoms with Gasteiger partial charge < -0.3 is 10.8 Å². The molecule has 1 unspecified atom stereocenters. The number of halogens is 1. The molecule has 3 heteroatoms. The summed E-state index contributed by atoms with van der Waals surface area (Å²) in [7, 11) is 0. The van der Waals surface area contributed by atoms with Gasteiger partial charge in [0.05, 0.1) is 6.10 Å². The van der Waals surface area contributed by atoms with E-state index in [-0.39, 0.29) is 5.82 Å². The van der Waals surface area contributed by atoms with Crippen LogP contribution in [0.25, 0.3) is 0 Å². The van der Waals surface area contributed by atoms with Gasteiger partial charge in [0.2, 0.25) is 0 Å². The van der Waals surface area contributed by atoms with E-state index in [4.69, 9.17) is 5.73 Å². The molecule has 2 nitrogen and oxygen atoms in total. The molecule has 0 aliphatic heterocycles. The van der Waals surface area contributed by atoms with Crippen LogP contribution in [0.5, 0.6) is 0 Å². The highest BCUT2D eigenvalue weighted by atomic mass is 19.1. The molecule has 0 bridgehead atoms. The third-order valence-electron chi connectivity index (χ3n) is 2.05. The number of hydrogen-bond acceptors (Lipinski definition) is 2. The molecule has 1 atom stereocenters. The minimum atomic E-state index is -0.719. The topological polar surface area (TPSA) is 46.2 Å². The second-order valence-electron chi connectivity index (χ2n) is 3.16. The van der Waals surface area contributed by atoms with E-state index in [0.717, 1.165) is 0 Å². The Kier molecular flexibility index (Phi) is 3.65. The minimum absolute atomic E-state index is 0.383. The Bertz CT molecular complexity index is 325. The van der Waals surface area contributed by atoms with Gasteiger partial charge in [0.25, 0.3) is 0 Å². The summed E-state index contributed by atoms with van der Waals surface area (Å²) in [4.78, 5) is 0. The molecule has 0 radical (unpaired) electrons. The Balaban J connectivity index is 2.82. The predicted molar refractivity (Wildman–Crippen MR) is 55.2 cm³/mol. The highest BCUT2D eigenvalue weighted by Crippen LogP contribution is 2.24. The fraction of sp³-hybridized carbons (Fsp3) is 0.273. The highest BCUT2D eigenvalue weighted by molar-refractivity contribution is 5.47. The van der Waals surface area contributed by atoms with Gasteiger partial charge in [-0.25, -0.2) is 4.39 Å². The van der Waals surface area contributed by atoms with Crippen LogP contribution in [0.3, 0.4) is 0 Å². The first-order valence-corrected chi connectivity index (χ1v) is 4.49. The molecule has 0 heterocycles. The molecule has 1 aromatic rings. The van der Waals surface area contributed by atoms with Crippen molar-refractivity contribution in [2.24, 2.45) is 0 Å². The number of nitrogen functional groups attached to an aromatic ring is 1. The van der Waals surface area contributed by atoms with Crippen LogP contribution in [0.1, 0.15) is 24.5 Å². The smallest absolute Gasteiger partial charge is 0.123 e. The number of aliphatic hydroxyl groups excluding tert-OH is 1. The van der Waals surface area contributed by atoms with Gasteiger partial charge in [0, 0.05) is 11.3 Å². The van der Waals surface area contributed by atoms with Crippen LogP contribution < -0.4 is 5.73 Å². The van der Waals surface area contributed by atoms with Gasteiger partial charge >= 0.3 is 0 Å². The zero-order valence-corrected chi connectivity index (χ0v) is 7.91. The molecule has 0 amide bonds. The van der Waals surface area contributed by atoms with Gasteiger partial charge in [0.1, 0.15) is 5.82 Å². The Hall–Kier alpha value is -1.35. The third kappa shape index (κ3) is 2.57. The first-order chi connectivity index (χ1) is 6.65. The van der Waals surface area contributed by atoms with Crippen molar-refractivity contribution >= 4 is 5.69 Å². The number of rotatable bonds is 4. The van der Waals surface area contributed by atoms with E-state index >= 15 is 0 Å². The van der Waals surface area contributed by atoms with E-state index in [1.807, 2.05) is 0 Å². The van der Waals surface area contributed by atoms with Crippen LogP contribution >= 0.6 is 0 Å². The molecule has 1 aromatic carbocycles. The fourth-order valence-electron chi connectivity index (χ4n) is 1.27. The van der Waals surface area contributed by atoms with E-state index in [2.05, 4.69) is 6.58 Å². The zero-order valence-electron chi connectivity index (χ0n) is 7.91. The van der Waals surface area contributed by atoms with Crippen LogP contribution in [0.4, 0.5) is 10.1 Å². The van der Waals surface area contributed by atoms with Gasteiger partial charge in [-0.15, -0.1) is 6.58 Å². The van der Waals surface area contributed by atoms with Crippen molar-refractivity contribution in [2.75, 3.05) is 5.73 Å². The number of allylic oxidation sites excluding steroid dienone is 1. The van der Waals surface area contributed by atoms with Crippen LogP contribution in [-0.4, -0.2) is 5.11 Å². The molecular formula is C11H14FNO. The van der Waals surface area contributed by atoms with Crippen molar-refractivity contribution in [3.63, 3.8) is 0 Å². The quantitative estimate of drug-likeness (QED) is 0.572. The first kappa shape index (κ1) is 10.7. The van der Waals surface area contributed by atoms with Crippen molar-refractivity contribution < 1.29 is 9.50 Å². The molecule has 0 spiro atoms. The third-order valence-corrected chi connectivity index (χ3v) is 2.05. The summed E-state index contributed by atoms with van der Waals surface area (Å²) in [5, 5.41) is 9.66. The monoisotopic (exact) mass is 195 g/mol. The summed E-state index contributed by atoms with van der Waals surface area (Å²) in [5.41, 5.74) is 6.48. The SMILES string of the molecule is C=CCCC(O)c1cc(F)ccc1N. The Morgan fingerprint density at radius 2 is 2.29 bits per heavy atom. The Morgan fingerprint density at radius 3 is 2.93 bits per heavy atom. The zero-order chi connectivity index (χ0) is 10.6. The van der Waals surface area contributed by atoms with Crippen molar-refractivity contribution in [1.82, 2.24) is 0 Å². The van der Waals surface area contributed by atoms with Crippen molar-refractivity contribution in [1.29, 1.82) is 0 Å². The lowest BCUT2D eigenvalue weighted by Crippen LogP contribution is -2.02. The molecule has 0 saturated carbocycles. The molecule has 0 saturated heterocycles. The van der Waals surface area contributed by atoms with E-state index in [1.54, 1.807) is 6.08 Å².